The minimum absolute atomic E-state index is 0.158. The van der Waals surface area contributed by atoms with Gasteiger partial charge in [0.15, 0.2) is 0 Å². The third kappa shape index (κ3) is 3.14. The molecule has 0 saturated heterocycles. The largest absolute Gasteiger partial charge is 0.471 e. The zero-order valence-corrected chi connectivity index (χ0v) is 13.7. The van der Waals surface area contributed by atoms with Gasteiger partial charge in [0, 0.05) is 36.5 Å². The highest BCUT2D eigenvalue weighted by Gasteiger charge is 2.38. The summed E-state index contributed by atoms with van der Waals surface area (Å²) in [6.07, 6.45) is -0.943. The van der Waals surface area contributed by atoms with Crippen molar-refractivity contribution in [3.05, 3.63) is 52.0 Å². The van der Waals surface area contributed by atoms with E-state index in [4.69, 9.17) is 0 Å². The van der Waals surface area contributed by atoms with Crippen LogP contribution in [0.15, 0.2) is 33.7 Å². The van der Waals surface area contributed by atoms with Crippen LogP contribution < -0.4 is 5.56 Å². The Kier molecular flexibility index (Phi) is 3.70. The first-order valence-electron chi connectivity index (χ1n) is 7.96. The molecule has 26 heavy (non-hydrogen) atoms. The van der Waals surface area contributed by atoms with Crippen molar-refractivity contribution < 1.29 is 17.7 Å². The lowest BCUT2D eigenvalue weighted by Crippen LogP contribution is -2.19. The molecular weight excluding hydrogens is 351 g/mol. The van der Waals surface area contributed by atoms with Gasteiger partial charge in [0.25, 0.3) is 5.56 Å². The summed E-state index contributed by atoms with van der Waals surface area (Å²) in [5, 5.41) is 7.69. The van der Waals surface area contributed by atoms with Gasteiger partial charge in [-0.15, -0.1) is 0 Å². The number of pyridine rings is 1. The number of hydrogen-bond acceptors (Lipinski definition) is 5. The Morgan fingerprint density at radius 2 is 2.08 bits per heavy atom. The molecule has 3 aromatic rings. The minimum atomic E-state index is -4.72. The molecule has 0 aromatic carbocycles. The van der Waals surface area contributed by atoms with Gasteiger partial charge in [-0.25, -0.2) is 0 Å². The third-order valence-corrected chi connectivity index (χ3v) is 4.22. The van der Waals surface area contributed by atoms with Crippen LogP contribution in [0.4, 0.5) is 13.2 Å². The highest BCUT2D eigenvalue weighted by Crippen LogP contribution is 2.40. The van der Waals surface area contributed by atoms with Crippen molar-refractivity contribution in [1.82, 2.24) is 24.5 Å². The SMILES string of the molecule is Cn1nc(Cn2ccc(-c3noc(C(F)(F)F)n3)cc2=O)cc1C1CC1. The summed E-state index contributed by atoms with van der Waals surface area (Å²) in [6.45, 7) is 0.277. The molecule has 0 bridgehead atoms. The first-order chi connectivity index (χ1) is 12.3. The van der Waals surface area contributed by atoms with Crippen molar-refractivity contribution in [1.29, 1.82) is 0 Å². The van der Waals surface area contributed by atoms with Gasteiger partial charge in [0.05, 0.1) is 12.2 Å². The monoisotopic (exact) mass is 365 g/mol. The molecule has 0 atom stereocenters. The van der Waals surface area contributed by atoms with Gasteiger partial charge in [-0.3, -0.25) is 9.48 Å². The maximum absolute atomic E-state index is 12.5. The molecule has 1 fully saturated rings. The van der Waals surface area contributed by atoms with Crippen LogP contribution in [-0.4, -0.2) is 24.5 Å². The normalized spacial score (nSPS) is 14.8. The van der Waals surface area contributed by atoms with Gasteiger partial charge in [-0.05, 0) is 25.0 Å². The molecule has 1 aliphatic rings. The predicted molar refractivity (Wildman–Crippen MR) is 83.3 cm³/mol. The van der Waals surface area contributed by atoms with E-state index in [-0.39, 0.29) is 23.5 Å². The van der Waals surface area contributed by atoms with Crippen molar-refractivity contribution in [3.8, 4) is 11.4 Å². The standard InChI is InChI=1S/C16H14F3N5O2/c1-23-12(9-2-3-9)7-11(21-23)8-24-5-4-10(6-13(24)25)14-20-15(26-22-14)16(17,18)19/h4-7,9H,2-3,8H2,1H3. The van der Waals surface area contributed by atoms with Crippen LogP contribution >= 0.6 is 0 Å². The molecule has 7 nitrogen and oxygen atoms in total. The van der Waals surface area contributed by atoms with Crippen LogP contribution in [0, 0.1) is 0 Å². The lowest BCUT2D eigenvalue weighted by Gasteiger charge is -2.03. The first-order valence-corrected chi connectivity index (χ1v) is 7.96. The van der Waals surface area contributed by atoms with Gasteiger partial charge in [0.1, 0.15) is 0 Å². The van der Waals surface area contributed by atoms with Crippen molar-refractivity contribution in [2.45, 2.75) is 31.5 Å². The highest BCUT2D eigenvalue weighted by atomic mass is 19.4. The van der Waals surface area contributed by atoms with E-state index in [0.717, 1.165) is 24.2 Å². The zero-order chi connectivity index (χ0) is 18.5. The van der Waals surface area contributed by atoms with Gasteiger partial charge in [-0.2, -0.15) is 23.3 Å². The molecule has 1 saturated carbocycles. The molecule has 0 spiro atoms. The third-order valence-electron chi connectivity index (χ3n) is 4.22. The average Bonchev–Trinajstić information content (AvgIpc) is 3.14. The Morgan fingerprint density at radius 3 is 2.69 bits per heavy atom. The zero-order valence-electron chi connectivity index (χ0n) is 13.7. The molecule has 136 valence electrons. The number of nitrogens with zero attached hydrogens (tertiary/aromatic N) is 5. The summed E-state index contributed by atoms with van der Waals surface area (Å²) < 4.78 is 45.0. The molecule has 0 amide bonds. The average molecular weight is 365 g/mol. The molecule has 3 aromatic heterocycles. The molecule has 1 aliphatic carbocycles. The molecule has 0 aliphatic heterocycles. The fraction of sp³-hybridized carbons (Fsp3) is 0.375. The van der Waals surface area contributed by atoms with Gasteiger partial charge >= 0.3 is 12.1 Å². The van der Waals surface area contributed by atoms with Crippen LogP contribution in [0.5, 0.6) is 0 Å². The number of aryl methyl sites for hydroxylation is 1. The topological polar surface area (TPSA) is 78.7 Å². The molecular formula is C16H14F3N5O2. The smallest absolute Gasteiger partial charge is 0.329 e. The van der Waals surface area contributed by atoms with Crippen LogP contribution in [0.25, 0.3) is 11.4 Å². The summed E-state index contributed by atoms with van der Waals surface area (Å²) in [5.41, 5.74) is 1.67. The molecule has 10 heteroatoms. The van der Waals surface area contributed by atoms with E-state index < -0.39 is 12.1 Å². The van der Waals surface area contributed by atoms with Crippen molar-refractivity contribution >= 4 is 0 Å². The fourth-order valence-electron chi connectivity index (χ4n) is 2.79. The van der Waals surface area contributed by atoms with E-state index >= 15 is 0 Å². The number of halogens is 3. The van der Waals surface area contributed by atoms with E-state index in [9.17, 15) is 18.0 Å². The Labute approximate surface area is 145 Å². The Bertz CT molecular complexity index is 1010. The van der Waals surface area contributed by atoms with Crippen molar-refractivity contribution in [3.63, 3.8) is 0 Å². The predicted octanol–water partition coefficient (Wildman–Crippen LogP) is 2.58. The van der Waals surface area contributed by atoms with Crippen LogP contribution in [0.1, 0.15) is 36.0 Å². The summed E-state index contributed by atoms with van der Waals surface area (Å²) >= 11 is 0. The summed E-state index contributed by atoms with van der Waals surface area (Å²) in [5.74, 6) is -1.19. The van der Waals surface area contributed by atoms with E-state index in [1.165, 1.54) is 22.9 Å². The molecule has 3 heterocycles. The second-order valence-electron chi connectivity index (χ2n) is 6.26. The lowest BCUT2D eigenvalue weighted by atomic mass is 10.2. The summed E-state index contributed by atoms with van der Waals surface area (Å²) in [4.78, 5) is 15.6. The molecule has 4 rings (SSSR count). The van der Waals surface area contributed by atoms with Gasteiger partial charge in [0.2, 0.25) is 5.82 Å². The number of hydrogen-bond donors (Lipinski definition) is 0. The lowest BCUT2D eigenvalue weighted by molar-refractivity contribution is -0.159. The van der Waals surface area contributed by atoms with Crippen molar-refractivity contribution in [2.24, 2.45) is 7.05 Å². The second kappa shape index (κ2) is 5.82. The molecule has 0 radical (unpaired) electrons. The van der Waals surface area contributed by atoms with E-state index in [2.05, 4.69) is 19.8 Å². The number of rotatable bonds is 4. The Balaban J connectivity index is 1.57. The summed E-state index contributed by atoms with van der Waals surface area (Å²) in [6, 6.07) is 4.62. The van der Waals surface area contributed by atoms with Gasteiger partial charge in [-0.1, -0.05) is 5.16 Å². The van der Waals surface area contributed by atoms with Crippen LogP contribution in [0.3, 0.4) is 0 Å². The van der Waals surface area contributed by atoms with Crippen LogP contribution in [-0.2, 0) is 19.8 Å². The molecule has 0 unspecified atom stereocenters. The van der Waals surface area contributed by atoms with E-state index in [1.54, 1.807) is 0 Å². The fourth-order valence-corrected chi connectivity index (χ4v) is 2.79. The Morgan fingerprint density at radius 1 is 1.31 bits per heavy atom. The minimum Gasteiger partial charge on any atom is -0.329 e. The summed E-state index contributed by atoms with van der Waals surface area (Å²) in [7, 11) is 1.87. The Hall–Kier alpha value is -2.91. The number of aromatic nitrogens is 5. The number of alkyl halides is 3. The van der Waals surface area contributed by atoms with Crippen LogP contribution in [0.2, 0.25) is 0 Å². The van der Waals surface area contributed by atoms with E-state index in [1.807, 2.05) is 17.8 Å². The molecule has 0 N–H and O–H groups in total. The van der Waals surface area contributed by atoms with Gasteiger partial charge < -0.3 is 9.09 Å². The maximum Gasteiger partial charge on any atom is 0.471 e. The maximum atomic E-state index is 12.5. The second-order valence-corrected chi connectivity index (χ2v) is 6.26. The highest BCUT2D eigenvalue weighted by molar-refractivity contribution is 5.52. The quantitative estimate of drug-likeness (QED) is 0.710. The van der Waals surface area contributed by atoms with E-state index in [0.29, 0.717) is 5.92 Å². The first kappa shape index (κ1) is 16.6. The van der Waals surface area contributed by atoms with Crippen molar-refractivity contribution in [2.75, 3.05) is 0 Å².